The molecule has 0 atom stereocenters. The van der Waals surface area contributed by atoms with Gasteiger partial charge in [0, 0.05) is 40.1 Å². The van der Waals surface area contributed by atoms with Gasteiger partial charge in [0.25, 0.3) is 5.91 Å². The number of rotatable bonds is 3. The number of benzene rings is 1. The van der Waals surface area contributed by atoms with Crippen molar-refractivity contribution in [1.82, 2.24) is 15.1 Å². The van der Waals surface area contributed by atoms with Gasteiger partial charge in [0.05, 0.1) is 17.4 Å². The molecule has 1 aromatic carbocycles. The van der Waals surface area contributed by atoms with Crippen molar-refractivity contribution in [2.45, 2.75) is 18.4 Å². The van der Waals surface area contributed by atoms with Gasteiger partial charge in [-0.15, -0.1) is 11.3 Å². The Hall–Kier alpha value is -2.15. The van der Waals surface area contributed by atoms with Gasteiger partial charge in [-0.3, -0.25) is 9.89 Å². The predicted octanol–water partition coefficient (Wildman–Crippen LogP) is 3.92. The first kappa shape index (κ1) is 17.3. The second kappa shape index (κ2) is 6.87. The van der Waals surface area contributed by atoms with Crippen molar-refractivity contribution in [2.24, 2.45) is 0 Å². The minimum Gasteiger partial charge on any atom is -0.385 e. The number of likely N-dealkylation sites (tertiary alicyclic amines) is 1. The van der Waals surface area contributed by atoms with E-state index in [4.69, 9.17) is 11.6 Å². The topological polar surface area (TPSA) is 69.2 Å². The molecule has 7 heteroatoms. The van der Waals surface area contributed by atoms with Crippen molar-refractivity contribution >= 4 is 28.8 Å². The molecule has 1 amide bonds. The molecule has 1 aliphatic heterocycles. The summed E-state index contributed by atoms with van der Waals surface area (Å²) < 4.78 is 0. The predicted molar refractivity (Wildman–Crippen MR) is 102 cm³/mol. The van der Waals surface area contributed by atoms with Gasteiger partial charge >= 0.3 is 0 Å². The summed E-state index contributed by atoms with van der Waals surface area (Å²) >= 11 is 7.46. The van der Waals surface area contributed by atoms with Gasteiger partial charge in [0.15, 0.2) is 0 Å². The lowest BCUT2D eigenvalue weighted by Gasteiger charge is -2.38. The van der Waals surface area contributed by atoms with E-state index in [1.807, 2.05) is 34.7 Å². The van der Waals surface area contributed by atoms with Crippen molar-refractivity contribution in [2.75, 3.05) is 13.1 Å². The number of carbonyl (C=O) groups is 1. The van der Waals surface area contributed by atoms with Crippen LogP contribution in [0.4, 0.5) is 0 Å². The first-order valence-corrected chi connectivity index (χ1v) is 9.66. The molecule has 4 rings (SSSR count). The number of halogens is 1. The fourth-order valence-corrected chi connectivity index (χ4v) is 4.29. The Bertz CT molecular complexity index is 897. The van der Waals surface area contributed by atoms with E-state index in [2.05, 4.69) is 10.2 Å². The van der Waals surface area contributed by atoms with E-state index >= 15 is 0 Å². The van der Waals surface area contributed by atoms with Crippen LogP contribution in [0, 0.1) is 0 Å². The van der Waals surface area contributed by atoms with Crippen LogP contribution in [-0.2, 0) is 5.60 Å². The molecule has 3 aromatic rings. The number of carbonyl (C=O) groups excluding carboxylic acids is 1. The van der Waals surface area contributed by atoms with Crippen LogP contribution in [-0.4, -0.2) is 39.2 Å². The molecular formula is C19H18ClN3O2S. The van der Waals surface area contributed by atoms with Crippen LogP contribution >= 0.6 is 22.9 Å². The van der Waals surface area contributed by atoms with Gasteiger partial charge in [-0.05, 0) is 36.6 Å². The highest BCUT2D eigenvalue weighted by atomic mass is 35.5. The van der Waals surface area contributed by atoms with E-state index in [0.29, 0.717) is 36.5 Å². The Labute approximate surface area is 160 Å². The van der Waals surface area contributed by atoms with Crippen molar-refractivity contribution < 1.29 is 9.90 Å². The number of piperidine rings is 1. The number of aromatic amines is 1. The zero-order chi connectivity index (χ0) is 18.1. The molecule has 5 nitrogen and oxygen atoms in total. The number of aliphatic hydroxyl groups is 1. The number of thiophene rings is 1. The smallest absolute Gasteiger partial charge is 0.254 e. The Morgan fingerprint density at radius 1 is 1.27 bits per heavy atom. The lowest BCUT2D eigenvalue weighted by Crippen LogP contribution is -2.45. The summed E-state index contributed by atoms with van der Waals surface area (Å²) in [6.07, 6.45) is 4.58. The van der Waals surface area contributed by atoms with Gasteiger partial charge in [-0.25, -0.2) is 0 Å². The third-order valence-corrected chi connectivity index (χ3v) is 6.12. The highest BCUT2D eigenvalue weighted by Gasteiger charge is 2.35. The molecule has 26 heavy (non-hydrogen) atoms. The van der Waals surface area contributed by atoms with Gasteiger partial charge in [0.2, 0.25) is 0 Å². The second-order valence-corrected chi connectivity index (χ2v) is 7.86. The normalized spacial score (nSPS) is 16.6. The number of hydrogen-bond donors (Lipinski definition) is 2. The third-order valence-electron chi connectivity index (χ3n) is 4.89. The Morgan fingerprint density at radius 2 is 2.00 bits per heavy atom. The van der Waals surface area contributed by atoms with Gasteiger partial charge < -0.3 is 10.0 Å². The van der Waals surface area contributed by atoms with Crippen molar-refractivity contribution in [3.63, 3.8) is 0 Å². The van der Waals surface area contributed by atoms with Crippen molar-refractivity contribution in [1.29, 1.82) is 0 Å². The SMILES string of the molecule is O=C(c1csc(-c2cn[nH]c2)c1)N1CCC(O)(c2ccc(Cl)cc2)CC1. The monoisotopic (exact) mass is 387 g/mol. The molecule has 3 heterocycles. The van der Waals surface area contributed by atoms with Gasteiger partial charge in [-0.1, -0.05) is 23.7 Å². The highest BCUT2D eigenvalue weighted by Crippen LogP contribution is 2.34. The number of nitrogens with zero attached hydrogens (tertiary/aromatic N) is 2. The second-order valence-electron chi connectivity index (χ2n) is 6.52. The standard InChI is InChI=1S/C19H18ClN3O2S/c20-16-3-1-15(2-4-16)19(25)5-7-23(8-6-19)18(24)13-9-17(26-12-13)14-10-21-22-11-14/h1-4,9-12,25H,5-8H2,(H,21,22). The summed E-state index contributed by atoms with van der Waals surface area (Å²) in [6, 6.07) is 9.19. The van der Waals surface area contributed by atoms with E-state index in [1.165, 1.54) is 11.3 Å². The molecule has 0 radical (unpaired) electrons. The molecule has 0 bridgehead atoms. The third kappa shape index (κ3) is 3.28. The summed E-state index contributed by atoms with van der Waals surface area (Å²) in [7, 11) is 0. The number of H-pyrrole nitrogens is 1. The zero-order valence-corrected chi connectivity index (χ0v) is 15.6. The molecule has 0 spiro atoms. The summed E-state index contributed by atoms with van der Waals surface area (Å²) in [6.45, 7) is 1.05. The fourth-order valence-electron chi connectivity index (χ4n) is 3.30. The zero-order valence-electron chi connectivity index (χ0n) is 14.0. The van der Waals surface area contributed by atoms with Gasteiger partial charge in [-0.2, -0.15) is 5.10 Å². The number of aromatic nitrogens is 2. The maximum atomic E-state index is 12.8. The van der Waals surface area contributed by atoms with Crippen LogP contribution in [0.1, 0.15) is 28.8 Å². The number of nitrogens with one attached hydrogen (secondary N) is 1. The summed E-state index contributed by atoms with van der Waals surface area (Å²) in [5.74, 6) is 0.00847. The van der Waals surface area contributed by atoms with Crippen molar-refractivity contribution in [3.8, 4) is 10.4 Å². The van der Waals surface area contributed by atoms with Crippen LogP contribution in [0.2, 0.25) is 5.02 Å². The van der Waals surface area contributed by atoms with Crippen LogP contribution < -0.4 is 0 Å². The van der Waals surface area contributed by atoms with Crippen LogP contribution in [0.25, 0.3) is 10.4 Å². The van der Waals surface area contributed by atoms with E-state index < -0.39 is 5.60 Å². The van der Waals surface area contributed by atoms with E-state index in [9.17, 15) is 9.90 Å². The van der Waals surface area contributed by atoms with Crippen molar-refractivity contribution in [3.05, 3.63) is 64.3 Å². The van der Waals surface area contributed by atoms with E-state index in [1.54, 1.807) is 18.3 Å². The molecule has 0 unspecified atom stereocenters. The van der Waals surface area contributed by atoms with E-state index in [-0.39, 0.29) is 5.91 Å². The summed E-state index contributed by atoms with van der Waals surface area (Å²) in [4.78, 5) is 15.6. The lowest BCUT2D eigenvalue weighted by molar-refractivity contribution is -0.0211. The maximum Gasteiger partial charge on any atom is 0.254 e. The molecule has 2 aromatic heterocycles. The van der Waals surface area contributed by atoms with E-state index in [0.717, 1.165) is 16.0 Å². The summed E-state index contributed by atoms with van der Waals surface area (Å²) in [5.41, 5.74) is 1.61. The molecular weight excluding hydrogens is 370 g/mol. The molecule has 1 saturated heterocycles. The highest BCUT2D eigenvalue weighted by molar-refractivity contribution is 7.13. The average Bonchev–Trinajstić information content (AvgIpc) is 3.34. The Morgan fingerprint density at radius 3 is 2.65 bits per heavy atom. The molecule has 1 aliphatic rings. The minimum absolute atomic E-state index is 0.00847. The first-order chi connectivity index (χ1) is 12.5. The quantitative estimate of drug-likeness (QED) is 0.715. The maximum absolute atomic E-state index is 12.8. The molecule has 2 N–H and O–H groups in total. The Balaban J connectivity index is 1.44. The first-order valence-electron chi connectivity index (χ1n) is 8.40. The molecule has 0 aliphatic carbocycles. The average molecular weight is 388 g/mol. The minimum atomic E-state index is -0.905. The lowest BCUT2D eigenvalue weighted by atomic mass is 9.84. The number of amides is 1. The molecule has 0 saturated carbocycles. The summed E-state index contributed by atoms with van der Waals surface area (Å²) in [5, 5.41) is 20.2. The van der Waals surface area contributed by atoms with Crippen LogP contribution in [0.5, 0.6) is 0 Å². The molecule has 1 fully saturated rings. The van der Waals surface area contributed by atoms with Crippen LogP contribution in [0.15, 0.2) is 48.1 Å². The molecule has 134 valence electrons. The largest absolute Gasteiger partial charge is 0.385 e. The van der Waals surface area contributed by atoms with Crippen LogP contribution in [0.3, 0.4) is 0 Å². The number of hydrogen-bond acceptors (Lipinski definition) is 4. The Kier molecular flexibility index (Phi) is 4.56. The fraction of sp³-hybridized carbons (Fsp3) is 0.263. The van der Waals surface area contributed by atoms with Gasteiger partial charge in [0.1, 0.15) is 0 Å².